The summed E-state index contributed by atoms with van der Waals surface area (Å²) in [7, 11) is 0. The van der Waals surface area contributed by atoms with Crippen molar-refractivity contribution in [2.24, 2.45) is 0 Å². The second-order valence-corrected chi connectivity index (χ2v) is 4.78. The molecule has 0 radical (unpaired) electrons. The minimum Gasteiger partial charge on any atom is -0.399 e. The molecule has 118 valence electrons. The van der Waals surface area contributed by atoms with Gasteiger partial charge in [-0.05, 0) is 44.0 Å². The van der Waals surface area contributed by atoms with Gasteiger partial charge in [-0.15, -0.1) is 0 Å². The van der Waals surface area contributed by atoms with Gasteiger partial charge in [0.05, 0.1) is 0 Å². The quantitative estimate of drug-likeness (QED) is 0.626. The number of benzene rings is 1. The molecule has 0 aliphatic carbocycles. The SMILES string of the molecule is Cc1cc(N)ccc1NC(=O)CCCOC(C)C(F)(F)F. The molecule has 1 amide bonds. The number of amides is 1. The lowest BCUT2D eigenvalue weighted by molar-refractivity contribution is -0.214. The summed E-state index contributed by atoms with van der Waals surface area (Å²) >= 11 is 0. The van der Waals surface area contributed by atoms with Gasteiger partial charge in [-0.3, -0.25) is 4.79 Å². The number of hydrogen-bond acceptors (Lipinski definition) is 3. The van der Waals surface area contributed by atoms with Crippen molar-refractivity contribution in [3.63, 3.8) is 0 Å². The Morgan fingerprint density at radius 3 is 2.67 bits per heavy atom. The number of rotatable bonds is 6. The van der Waals surface area contributed by atoms with Gasteiger partial charge in [-0.25, -0.2) is 0 Å². The van der Waals surface area contributed by atoms with Gasteiger partial charge in [0.25, 0.3) is 0 Å². The summed E-state index contributed by atoms with van der Waals surface area (Å²) in [4.78, 5) is 11.7. The van der Waals surface area contributed by atoms with Crippen molar-refractivity contribution in [3.05, 3.63) is 23.8 Å². The van der Waals surface area contributed by atoms with Crippen molar-refractivity contribution in [2.45, 2.75) is 39.0 Å². The minimum absolute atomic E-state index is 0.0917. The minimum atomic E-state index is -4.37. The highest BCUT2D eigenvalue weighted by Crippen LogP contribution is 2.22. The maximum atomic E-state index is 12.2. The van der Waals surface area contributed by atoms with Crippen LogP contribution < -0.4 is 11.1 Å². The fourth-order valence-electron chi connectivity index (χ4n) is 1.63. The number of carbonyl (C=O) groups excluding carboxylic acids is 1. The van der Waals surface area contributed by atoms with Crippen molar-refractivity contribution in [1.82, 2.24) is 0 Å². The Labute approximate surface area is 121 Å². The second kappa shape index (κ2) is 7.31. The first-order chi connectivity index (χ1) is 9.70. The molecule has 0 aromatic heterocycles. The molecule has 0 aliphatic rings. The number of aryl methyl sites for hydroxylation is 1. The van der Waals surface area contributed by atoms with Gasteiger partial charge in [0.15, 0.2) is 6.10 Å². The number of alkyl halides is 3. The van der Waals surface area contributed by atoms with E-state index in [0.29, 0.717) is 11.4 Å². The smallest absolute Gasteiger partial charge is 0.399 e. The number of nitrogens with two attached hydrogens (primary N) is 1. The van der Waals surface area contributed by atoms with Gasteiger partial charge in [0.1, 0.15) is 0 Å². The van der Waals surface area contributed by atoms with E-state index in [9.17, 15) is 18.0 Å². The molecule has 21 heavy (non-hydrogen) atoms. The Morgan fingerprint density at radius 2 is 2.10 bits per heavy atom. The average molecular weight is 304 g/mol. The van der Waals surface area contributed by atoms with E-state index in [1.54, 1.807) is 25.1 Å². The van der Waals surface area contributed by atoms with Crippen LogP contribution >= 0.6 is 0 Å². The van der Waals surface area contributed by atoms with Crippen LogP contribution in [0.15, 0.2) is 18.2 Å². The van der Waals surface area contributed by atoms with Crippen molar-refractivity contribution in [3.8, 4) is 0 Å². The monoisotopic (exact) mass is 304 g/mol. The zero-order valence-corrected chi connectivity index (χ0v) is 12.0. The van der Waals surface area contributed by atoms with E-state index in [2.05, 4.69) is 10.1 Å². The Hall–Kier alpha value is -1.76. The molecule has 7 heteroatoms. The second-order valence-electron chi connectivity index (χ2n) is 4.78. The van der Waals surface area contributed by atoms with Crippen molar-refractivity contribution in [2.75, 3.05) is 17.7 Å². The predicted molar refractivity (Wildman–Crippen MR) is 74.9 cm³/mol. The largest absolute Gasteiger partial charge is 0.414 e. The first-order valence-electron chi connectivity index (χ1n) is 6.54. The highest BCUT2D eigenvalue weighted by Gasteiger charge is 2.36. The fraction of sp³-hybridized carbons (Fsp3) is 0.500. The van der Waals surface area contributed by atoms with Crippen LogP contribution in [0.1, 0.15) is 25.3 Å². The van der Waals surface area contributed by atoms with E-state index in [1.807, 2.05) is 0 Å². The van der Waals surface area contributed by atoms with E-state index in [0.717, 1.165) is 12.5 Å². The number of ether oxygens (including phenoxy) is 1. The summed E-state index contributed by atoms with van der Waals surface area (Å²) in [5.74, 6) is -0.272. The van der Waals surface area contributed by atoms with Crippen molar-refractivity contribution >= 4 is 17.3 Å². The fourth-order valence-corrected chi connectivity index (χ4v) is 1.63. The first-order valence-corrected chi connectivity index (χ1v) is 6.54. The Bertz CT molecular complexity index is 490. The van der Waals surface area contributed by atoms with Gasteiger partial charge in [0.2, 0.25) is 5.91 Å². The molecule has 0 saturated carbocycles. The zero-order chi connectivity index (χ0) is 16.0. The number of nitrogens with one attached hydrogen (secondary N) is 1. The number of hydrogen-bond donors (Lipinski definition) is 2. The molecule has 0 heterocycles. The van der Waals surface area contributed by atoms with Crippen LogP contribution in [-0.4, -0.2) is 24.8 Å². The van der Waals surface area contributed by atoms with Crippen molar-refractivity contribution < 1.29 is 22.7 Å². The summed E-state index contributed by atoms with van der Waals surface area (Å²) in [6.45, 7) is 2.63. The summed E-state index contributed by atoms with van der Waals surface area (Å²) in [6.07, 6.45) is -5.88. The molecule has 4 nitrogen and oxygen atoms in total. The van der Waals surface area contributed by atoms with Crippen molar-refractivity contribution in [1.29, 1.82) is 0 Å². The van der Waals surface area contributed by atoms with Crippen LogP contribution in [0.3, 0.4) is 0 Å². The average Bonchev–Trinajstić information content (AvgIpc) is 2.36. The number of carbonyl (C=O) groups is 1. The van der Waals surface area contributed by atoms with E-state index in [-0.39, 0.29) is 25.4 Å². The summed E-state index contributed by atoms with van der Waals surface area (Å²) in [5.41, 5.74) is 7.66. The van der Waals surface area contributed by atoms with Crippen LogP contribution in [0.2, 0.25) is 0 Å². The van der Waals surface area contributed by atoms with Crippen LogP contribution in [0.25, 0.3) is 0 Å². The van der Waals surface area contributed by atoms with Crippen LogP contribution in [0.4, 0.5) is 24.5 Å². The number of nitrogen functional groups attached to an aromatic ring is 1. The maximum Gasteiger partial charge on any atom is 0.414 e. The van der Waals surface area contributed by atoms with E-state index < -0.39 is 12.3 Å². The van der Waals surface area contributed by atoms with E-state index >= 15 is 0 Å². The lowest BCUT2D eigenvalue weighted by atomic mass is 10.1. The molecular weight excluding hydrogens is 285 g/mol. The molecule has 1 unspecified atom stereocenters. The number of anilines is 2. The maximum absolute atomic E-state index is 12.2. The normalized spacial score (nSPS) is 13.0. The lowest BCUT2D eigenvalue weighted by Crippen LogP contribution is -2.29. The Kier molecular flexibility index (Phi) is 6.02. The highest BCUT2D eigenvalue weighted by atomic mass is 19.4. The molecular formula is C14H19F3N2O2. The topological polar surface area (TPSA) is 64.3 Å². The molecule has 0 aliphatic heterocycles. The molecule has 1 atom stereocenters. The Balaban J connectivity index is 2.32. The van der Waals surface area contributed by atoms with Gasteiger partial charge in [-0.2, -0.15) is 13.2 Å². The molecule has 0 fully saturated rings. The number of halogens is 3. The first kappa shape index (κ1) is 17.3. The summed E-state index contributed by atoms with van der Waals surface area (Å²) in [5, 5.41) is 2.68. The van der Waals surface area contributed by atoms with Gasteiger partial charge >= 0.3 is 6.18 Å². The molecule has 0 saturated heterocycles. The highest BCUT2D eigenvalue weighted by molar-refractivity contribution is 5.91. The zero-order valence-electron chi connectivity index (χ0n) is 12.0. The third-order valence-electron chi connectivity index (χ3n) is 2.90. The summed E-state index contributed by atoms with van der Waals surface area (Å²) < 4.78 is 41.2. The van der Waals surface area contributed by atoms with Gasteiger partial charge in [-0.1, -0.05) is 0 Å². The van der Waals surface area contributed by atoms with Crippen LogP contribution in [0, 0.1) is 6.92 Å². The molecule has 3 N–H and O–H groups in total. The van der Waals surface area contributed by atoms with E-state index in [4.69, 9.17) is 5.73 Å². The van der Waals surface area contributed by atoms with Crippen LogP contribution in [0.5, 0.6) is 0 Å². The third-order valence-corrected chi connectivity index (χ3v) is 2.90. The molecule has 1 aromatic carbocycles. The molecule has 1 rings (SSSR count). The third kappa shape index (κ3) is 6.03. The lowest BCUT2D eigenvalue weighted by Gasteiger charge is -2.16. The van der Waals surface area contributed by atoms with E-state index in [1.165, 1.54) is 0 Å². The molecule has 0 bridgehead atoms. The Morgan fingerprint density at radius 1 is 1.43 bits per heavy atom. The van der Waals surface area contributed by atoms with Crippen LogP contribution in [-0.2, 0) is 9.53 Å². The standard InChI is InChI=1S/C14H19F3N2O2/c1-9-8-11(18)5-6-12(9)19-13(20)4-3-7-21-10(2)14(15,16)17/h5-6,8,10H,3-4,7,18H2,1-2H3,(H,19,20). The molecule has 1 aromatic rings. The predicted octanol–water partition coefficient (Wildman–Crippen LogP) is 3.26. The molecule has 0 spiro atoms. The van der Waals surface area contributed by atoms with Gasteiger partial charge < -0.3 is 15.8 Å². The van der Waals surface area contributed by atoms with Gasteiger partial charge in [0, 0.05) is 24.4 Å². The summed E-state index contributed by atoms with van der Waals surface area (Å²) in [6, 6.07) is 5.07.